The maximum Gasteiger partial charge on any atom is 0.0172 e. The van der Waals surface area contributed by atoms with Crippen molar-refractivity contribution in [3.8, 4) is 0 Å². The highest BCUT2D eigenvalue weighted by Gasteiger charge is 2.29. The van der Waals surface area contributed by atoms with Gasteiger partial charge in [0.25, 0.3) is 0 Å². The first-order valence-electron chi connectivity index (χ1n) is 6.87. The molecule has 2 aliphatic rings. The maximum atomic E-state index is 5.86. The van der Waals surface area contributed by atoms with E-state index < -0.39 is 0 Å². The van der Waals surface area contributed by atoms with Crippen molar-refractivity contribution < 1.29 is 0 Å². The highest BCUT2D eigenvalue weighted by atomic mass is 32.2. The summed E-state index contributed by atoms with van der Waals surface area (Å²) in [5.41, 5.74) is 5.86. The summed E-state index contributed by atoms with van der Waals surface area (Å²) in [7, 11) is 0. The first-order chi connectivity index (χ1) is 7.83. The molecule has 16 heavy (non-hydrogen) atoms. The average Bonchev–Trinajstić information content (AvgIpc) is 2.76. The fraction of sp³-hybridized carbons (Fsp3) is 1.00. The van der Waals surface area contributed by atoms with Gasteiger partial charge in [-0.05, 0) is 37.6 Å². The van der Waals surface area contributed by atoms with Crippen molar-refractivity contribution in [1.82, 2.24) is 4.90 Å². The number of nitrogens with two attached hydrogens (primary N) is 1. The average molecular weight is 242 g/mol. The fourth-order valence-corrected chi connectivity index (χ4v) is 4.44. The molecule has 3 heteroatoms. The Morgan fingerprint density at radius 1 is 1.31 bits per heavy atom. The van der Waals surface area contributed by atoms with Gasteiger partial charge in [0, 0.05) is 30.6 Å². The van der Waals surface area contributed by atoms with Crippen LogP contribution in [0.5, 0.6) is 0 Å². The van der Waals surface area contributed by atoms with E-state index in [1.807, 2.05) is 0 Å². The van der Waals surface area contributed by atoms with E-state index in [0.29, 0.717) is 0 Å². The van der Waals surface area contributed by atoms with Crippen LogP contribution in [0, 0.1) is 11.8 Å². The van der Waals surface area contributed by atoms with E-state index in [-0.39, 0.29) is 0 Å². The first kappa shape index (κ1) is 12.7. The molecule has 2 N–H and O–H groups in total. The normalized spacial score (nSPS) is 36.8. The Morgan fingerprint density at radius 3 is 2.88 bits per heavy atom. The Balaban J connectivity index is 1.79. The second kappa shape index (κ2) is 6.27. The van der Waals surface area contributed by atoms with Gasteiger partial charge >= 0.3 is 0 Å². The van der Waals surface area contributed by atoms with Gasteiger partial charge in [0.1, 0.15) is 0 Å². The molecule has 1 saturated heterocycles. The standard InChI is InChI=1S/C13H26N2S/c1-2-13-10-15(6-7-16-13)9-12-5-3-4-11(12)8-14/h11-13H,2-10,14H2,1H3. The van der Waals surface area contributed by atoms with Crippen LogP contribution in [-0.4, -0.2) is 42.1 Å². The molecule has 2 fully saturated rings. The van der Waals surface area contributed by atoms with Crippen LogP contribution in [0.4, 0.5) is 0 Å². The molecule has 94 valence electrons. The van der Waals surface area contributed by atoms with Gasteiger partial charge in [-0.15, -0.1) is 0 Å². The third-order valence-electron chi connectivity index (χ3n) is 4.29. The number of rotatable bonds is 4. The van der Waals surface area contributed by atoms with Crippen LogP contribution in [0.3, 0.4) is 0 Å². The minimum atomic E-state index is 0.814. The van der Waals surface area contributed by atoms with Crippen LogP contribution in [0.1, 0.15) is 32.6 Å². The molecular formula is C13H26N2S. The minimum Gasteiger partial charge on any atom is -0.330 e. The van der Waals surface area contributed by atoms with Gasteiger partial charge in [-0.25, -0.2) is 0 Å². The predicted octanol–water partition coefficient (Wildman–Crippen LogP) is 2.19. The monoisotopic (exact) mass is 242 g/mol. The van der Waals surface area contributed by atoms with Gasteiger partial charge in [0.2, 0.25) is 0 Å². The molecule has 1 aliphatic heterocycles. The van der Waals surface area contributed by atoms with Crippen molar-refractivity contribution in [1.29, 1.82) is 0 Å². The molecule has 0 aromatic heterocycles. The molecule has 1 heterocycles. The van der Waals surface area contributed by atoms with Crippen LogP contribution >= 0.6 is 11.8 Å². The van der Waals surface area contributed by atoms with Crippen LogP contribution in [0.25, 0.3) is 0 Å². The van der Waals surface area contributed by atoms with E-state index in [1.165, 1.54) is 51.1 Å². The second-order valence-corrected chi connectivity index (χ2v) is 6.76. The van der Waals surface area contributed by atoms with Gasteiger partial charge in [-0.1, -0.05) is 13.3 Å². The number of hydrogen-bond acceptors (Lipinski definition) is 3. The Morgan fingerprint density at radius 2 is 2.12 bits per heavy atom. The molecule has 0 aromatic carbocycles. The highest BCUT2D eigenvalue weighted by Crippen LogP contribution is 2.32. The molecule has 0 radical (unpaired) electrons. The molecule has 0 spiro atoms. The molecule has 3 atom stereocenters. The Labute approximate surface area is 104 Å². The lowest BCUT2D eigenvalue weighted by atomic mass is 9.95. The highest BCUT2D eigenvalue weighted by molar-refractivity contribution is 8.00. The van der Waals surface area contributed by atoms with Crippen molar-refractivity contribution in [3.63, 3.8) is 0 Å². The third kappa shape index (κ3) is 3.14. The largest absolute Gasteiger partial charge is 0.330 e. The third-order valence-corrected chi connectivity index (χ3v) is 5.66. The number of hydrogen-bond donors (Lipinski definition) is 1. The summed E-state index contributed by atoms with van der Waals surface area (Å²) in [5, 5.41) is 0.881. The summed E-state index contributed by atoms with van der Waals surface area (Å²) in [6.07, 6.45) is 5.53. The first-order valence-corrected chi connectivity index (χ1v) is 7.92. The zero-order valence-corrected chi connectivity index (χ0v) is 11.3. The van der Waals surface area contributed by atoms with Crippen molar-refractivity contribution in [2.45, 2.75) is 37.9 Å². The summed E-state index contributed by atoms with van der Waals surface area (Å²) < 4.78 is 0. The lowest BCUT2D eigenvalue weighted by molar-refractivity contribution is 0.211. The minimum absolute atomic E-state index is 0.814. The Bertz CT molecular complexity index is 210. The van der Waals surface area contributed by atoms with Gasteiger partial charge < -0.3 is 10.6 Å². The molecule has 2 nitrogen and oxygen atoms in total. The van der Waals surface area contributed by atoms with E-state index in [0.717, 1.165) is 23.6 Å². The van der Waals surface area contributed by atoms with Crippen LogP contribution < -0.4 is 5.73 Å². The zero-order chi connectivity index (χ0) is 11.4. The van der Waals surface area contributed by atoms with Gasteiger partial charge in [-0.2, -0.15) is 11.8 Å². The van der Waals surface area contributed by atoms with Crippen LogP contribution in [0.2, 0.25) is 0 Å². The molecule has 0 amide bonds. The Hall–Kier alpha value is 0.270. The van der Waals surface area contributed by atoms with Crippen LogP contribution in [-0.2, 0) is 0 Å². The molecular weight excluding hydrogens is 216 g/mol. The van der Waals surface area contributed by atoms with Crippen molar-refractivity contribution in [2.24, 2.45) is 17.6 Å². The maximum absolute atomic E-state index is 5.86. The Kier molecular flexibility index (Phi) is 4.98. The summed E-state index contributed by atoms with van der Waals surface area (Å²) in [6, 6.07) is 0. The van der Waals surface area contributed by atoms with Gasteiger partial charge in [0.15, 0.2) is 0 Å². The zero-order valence-electron chi connectivity index (χ0n) is 10.5. The quantitative estimate of drug-likeness (QED) is 0.819. The lowest BCUT2D eigenvalue weighted by Crippen LogP contribution is -2.41. The SMILES string of the molecule is CCC1CN(CC2CCCC2CN)CCS1. The van der Waals surface area contributed by atoms with Gasteiger partial charge in [0.05, 0.1) is 0 Å². The summed E-state index contributed by atoms with van der Waals surface area (Å²) >= 11 is 2.17. The second-order valence-electron chi connectivity index (χ2n) is 5.35. The predicted molar refractivity (Wildman–Crippen MR) is 72.9 cm³/mol. The number of thioether (sulfide) groups is 1. The van der Waals surface area contributed by atoms with E-state index >= 15 is 0 Å². The van der Waals surface area contributed by atoms with E-state index in [1.54, 1.807) is 0 Å². The molecule has 2 rings (SSSR count). The van der Waals surface area contributed by atoms with Gasteiger partial charge in [-0.3, -0.25) is 0 Å². The fourth-order valence-electron chi connectivity index (χ4n) is 3.19. The molecule has 1 saturated carbocycles. The number of nitrogens with zero attached hydrogens (tertiary/aromatic N) is 1. The van der Waals surface area contributed by atoms with Crippen molar-refractivity contribution in [3.05, 3.63) is 0 Å². The lowest BCUT2D eigenvalue weighted by Gasteiger charge is -2.34. The van der Waals surface area contributed by atoms with E-state index in [2.05, 4.69) is 23.6 Å². The topological polar surface area (TPSA) is 29.3 Å². The summed E-state index contributed by atoms with van der Waals surface area (Å²) in [6.45, 7) is 7.16. The summed E-state index contributed by atoms with van der Waals surface area (Å²) in [4.78, 5) is 2.70. The molecule has 0 bridgehead atoms. The molecule has 3 unspecified atom stereocenters. The van der Waals surface area contributed by atoms with E-state index in [4.69, 9.17) is 5.73 Å². The van der Waals surface area contributed by atoms with E-state index in [9.17, 15) is 0 Å². The molecule has 0 aromatic rings. The van der Waals surface area contributed by atoms with Crippen molar-refractivity contribution in [2.75, 3.05) is 31.9 Å². The smallest absolute Gasteiger partial charge is 0.0172 e. The van der Waals surface area contributed by atoms with Crippen molar-refractivity contribution >= 4 is 11.8 Å². The van der Waals surface area contributed by atoms with Crippen LogP contribution in [0.15, 0.2) is 0 Å². The summed E-state index contributed by atoms with van der Waals surface area (Å²) in [5.74, 6) is 3.04. The molecule has 1 aliphatic carbocycles.